The van der Waals surface area contributed by atoms with E-state index in [1.165, 1.54) is 23.0 Å². The summed E-state index contributed by atoms with van der Waals surface area (Å²) < 4.78 is 45.4. The van der Waals surface area contributed by atoms with E-state index in [0.29, 0.717) is 37.7 Å². The van der Waals surface area contributed by atoms with Gasteiger partial charge in [-0.1, -0.05) is 12.1 Å². The number of carbonyl (C=O) groups excluding carboxylic acids is 1. The first-order valence-corrected chi connectivity index (χ1v) is 9.69. The number of benzene rings is 1. The molecule has 31 heavy (non-hydrogen) atoms. The molecule has 0 saturated carbocycles. The zero-order chi connectivity index (χ0) is 21.8. The number of hydrogen-bond donors (Lipinski definition) is 1. The van der Waals surface area contributed by atoms with E-state index in [0.717, 1.165) is 12.1 Å². The van der Waals surface area contributed by atoms with E-state index in [9.17, 15) is 18.0 Å². The highest BCUT2D eigenvalue weighted by Gasteiger charge is 2.30. The summed E-state index contributed by atoms with van der Waals surface area (Å²) in [6.45, 7) is 2.84. The highest BCUT2D eigenvalue weighted by atomic mass is 19.4. The third kappa shape index (κ3) is 5.02. The molecular weight excluding hydrogens is 411 g/mol. The van der Waals surface area contributed by atoms with Gasteiger partial charge in [0, 0.05) is 31.4 Å². The van der Waals surface area contributed by atoms with Crippen molar-refractivity contribution in [1.29, 1.82) is 0 Å². The number of alkyl halides is 3. The normalized spacial score (nSPS) is 14.5. The number of pyridine rings is 1. The second-order valence-electron chi connectivity index (χ2n) is 7.00. The zero-order valence-electron chi connectivity index (χ0n) is 16.5. The number of aromatic nitrogens is 3. The number of morpholine rings is 1. The van der Waals surface area contributed by atoms with Crippen LogP contribution >= 0.6 is 0 Å². The van der Waals surface area contributed by atoms with E-state index in [1.54, 1.807) is 18.3 Å². The average Bonchev–Trinajstić information content (AvgIpc) is 3.27. The monoisotopic (exact) mass is 431 g/mol. The van der Waals surface area contributed by atoms with Gasteiger partial charge < -0.3 is 15.0 Å². The van der Waals surface area contributed by atoms with Crippen LogP contribution in [-0.4, -0.2) is 47.0 Å². The molecule has 1 aliphatic heterocycles. The van der Waals surface area contributed by atoms with E-state index in [1.807, 2.05) is 6.07 Å². The summed E-state index contributed by atoms with van der Waals surface area (Å²) in [5.41, 5.74) is 0.471. The van der Waals surface area contributed by atoms with Gasteiger partial charge in [0.2, 0.25) is 0 Å². The molecule has 0 spiro atoms. The van der Waals surface area contributed by atoms with Crippen LogP contribution in [0, 0.1) is 0 Å². The Morgan fingerprint density at radius 2 is 1.90 bits per heavy atom. The largest absolute Gasteiger partial charge is 0.416 e. The first-order chi connectivity index (χ1) is 14.9. The van der Waals surface area contributed by atoms with Crippen LogP contribution in [0.25, 0.3) is 5.69 Å². The van der Waals surface area contributed by atoms with Crippen molar-refractivity contribution in [1.82, 2.24) is 20.1 Å². The molecule has 4 rings (SSSR count). The number of carbonyl (C=O) groups is 1. The fraction of sp³-hybridized carbons (Fsp3) is 0.286. The Bertz CT molecular complexity index is 1060. The van der Waals surface area contributed by atoms with E-state index in [-0.39, 0.29) is 23.8 Å². The van der Waals surface area contributed by atoms with Crippen molar-refractivity contribution in [3.8, 4) is 5.69 Å². The van der Waals surface area contributed by atoms with Crippen molar-refractivity contribution in [3.63, 3.8) is 0 Å². The van der Waals surface area contributed by atoms with Crippen LogP contribution in [0.1, 0.15) is 21.6 Å². The summed E-state index contributed by atoms with van der Waals surface area (Å²) in [7, 11) is 0. The molecule has 1 fully saturated rings. The van der Waals surface area contributed by atoms with Gasteiger partial charge in [-0.25, -0.2) is 9.67 Å². The molecule has 0 atom stereocenters. The molecule has 0 unspecified atom stereocenters. The Morgan fingerprint density at radius 3 is 2.68 bits per heavy atom. The number of nitrogens with one attached hydrogen (secondary N) is 1. The smallest absolute Gasteiger partial charge is 0.378 e. The zero-order valence-corrected chi connectivity index (χ0v) is 16.5. The van der Waals surface area contributed by atoms with Crippen LogP contribution < -0.4 is 10.2 Å². The standard InChI is InChI=1S/C21H20F3N5O2/c22-21(23,24)16-3-1-4-17(11-16)29-14-15(13-26-29)12-25-20(30)18-5-2-6-19(27-18)28-7-9-31-10-8-28/h1-6,11,13-14H,7-10,12H2,(H,25,30). The number of nitrogens with zero attached hydrogens (tertiary/aromatic N) is 4. The summed E-state index contributed by atoms with van der Waals surface area (Å²) in [5.74, 6) is 0.371. The third-order valence-electron chi connectivity index (χ3n) is 4.83. The van der Waals surface area contributed by atoms with Crippen LogP contribution in [0.4, 0.5) is 19.0 Å². The highest BCUT2D eigenvalue weighted by Crippen LogP contribution is 2.30. The molecule has 1 saturated heterocycles. The van der Waals surface area contributed by atoms with Gasteiger partial charge in [0.05, 0.1) is 30.7 Å². The maximum atomic E-state index is 12.9. The first kappa shape index (κ1) is 20.9. The van der Waals surface area contributed by atoms with Crippen molar-refractivity contribution in [2.24, 2.45) is 0 Å². The summed E-state index contributed by atoms with van der Waals surface area (Å²) in [5, 5.41) is 6.87. The number of amides is 1. The first-order valence-electron chi connectivity index (χ1n) is 9.69. The molecule has 10 heteroatoms. The van der Waals surface area contributed by atoms with Crippen LogP contribution in [-0.2, 0) is 17.5 Å². The van der Waals surface area contributed by atoms with Gasteiger partial charge in [0.25, 0.3) is 5.91 Å². The van der Waals surface area contributed by atoms with Crippen LogP contribution in [0.15, 0.2) is 54.9 Å². The number of ether oxygens (including phenoxy) is 1. The fourth-order valence-electron chi connectivity index (χ4n) is 3.21. The van der Waals surface area contributed by atoms with E-state index >= 15 is 0 Å². The minimum Gasteiger partial charge on any atom is -0.378 e. The van der Waals surface area contributed by atoms with Gasteiger partial charge in [0.15, 0.2) is 0 Å². The molecule has 0 bridgehead atoms. The quantitative estimate of drug-likeness (QED) is 0.672. The Balaban J connectivity index is 1.40. The topological polar surface area (TPSA) is 72.3 Å². The lowest BCUT2D eigenvalue weighted by atomic mass is 10.2. The van der Waals surface area contributed by atoms with Crippen molar-refractivity contribution >= 4 is 11.7 Å². The van der Waals surface area contributed by atoms with Gasteiger partial charge in [-0.05, 0) is 30.3 Å². The molecule has 1 N–H and O–H groups in total. The molecule has 0 radical (unpaired) electrons. The molecule has 1 amide bonds. The Labute approximate surface area is 176 Å². The van der Waals surface area contributed by atoms with Crippen LogP contribution in [0.2, 0.25) is 0 Å². The third-order valence-corrected chi connectivity index (χ3v) is 4.83. The maximum Gasteiger partial charge on any atom is 0.416 e. The molecule has 3 aromatic rings. The number of anilines is 1. The predicted molar refractivity (Wildman–Crippen MR) is 107 cm³/mol. The minimum absolute atomic E-state index is 0.168. The molecule has 1 aliphatic rings. The summed E-state index contributed by atoms with van der Waals surface area (Å²) >= 11 is 0. The number of rotatable bonds is 5. The maximum absolute atomic E-state index is 12.9. The van der Waals surface area contributed by atoms with Crippen molar-refractivity contribution in [3.05, 3.63) is 71.7 Å². The molecule has 1 aromatic carbocycles. The molecule has 0 aliphatic carbocycles. The number of hydrogen-bond acceptors (Lipinski definition) is 5. The molecule has 7 nitrogen and oxygen atoms in total. The Kier molecular flexibility index (Phi) is 5.90. The SMILES string of the molecule is O=C(NCc1cnn(-c2cccc(C(F)(F)F)c2)c1)c1cccc(N2CCOCC2)n1. The van der Waals surface area contributed by atoms with Crippen molar-refractivity contribution in [2.75, 3.05) is 31.2 Å². The highest BCUT2D eigenvalue weighted by molar-refractivity contribution is 5.92. The van der Waals surface area contributed by atoms with Gasteiger partial charge >= 0.3 is 6.18 Å². The molecular formula is C21H20F3N5O2. The minimum atomic E-state index is -4.43. The fourth-order valence-corrected chi connectivity index (χ4v) is 3.21. The van der Waals surface area contributed by atoms with E-state index in [2.05, 4.69) is 20.3 Å². The second kappa shape index (κ2) is 8.76. The summed E-state index contributed by atoms with van der Waals surface area (Å²) in [6, 6.07) is 10.1. The molecule has 162 valence electrons. The Morgan fingerprint density at radius 1 is 1.13 bits per heavy atom. The Hall–Kier alpha value is -3.40. The predicted octanol–water partition coefficient (Wildman–Crippen LogP) is 3.05. The van der Waals surface area contributed by atoms with Crippen molar-refractivity contribution < 1.29 is 22.7 Å². The second-order valence-corrected chi connectivity index (χ2v) is 7.00. The van der Waals surface area contributed by atoms with E-state index < -0.39 is 11.7 Å². The summed E-state index contributed by atoms with van der Waals surface area (Å²) in [6.07, 6.45) is -1.35. The molecule has 3 heterocycles. The lowest BCUT2D eigenvalue weighted by molar-refractivity contribution is -0.137. The summed E-state index contributed by atoms with van der Waals surface area (Å²) in [4.78, 5) is 19.0. The average molecular weight is 431 g/mol. The van der Waals surface area contributed by atoms with Crippen molar-refractivity contribution in [2.45, 2.75) is 12.7 Å². The van der Waals surface area contributed by atoms with Crippen LogP contribution in [0.5, 0.6) is 0 Å². The number of halogens is 3. The van der Waals surface area contributed by atoms with E-state index in [4.69, 9.17) is 4.74 Å². The van der Waals surface area contributed by atoms with Gasteiger partial charge in [-0.3, -0.25) is 4.79 Å². The van der Waals surface area contributed by atoms with Gasteiger partial charge in [-0.2, -0.15) is 18.3 Å². The lowest BCUT2D eigenvalue weighted by Crippen LogP contribution is -2.37. The molecule has 2 aromatic heterocycles. The van der Waals surface area contributed by atoms with Gasteiger partial charge in [0.1, 0.15) is 11.5 Å². The lowest BCUT2D eigenvalue weighted by Gasteiger charge is -2.27. The van der Waals surface area contributed by atoms with Crippen LogP contribution in [0.3, 0.4) is 0 Å². The van der Waals surface area contributed by atoms with Gasteiger partial charge in [-0.15, -0.1) is 0 Å².